The zero-order valence-corrected chi connectivity index (χ0v) is 17.4. The molecule has 3 heterocycles. The lowest BCUT2D eigenvalue weighted by Gasteiger charge is -2.42. The Morgan fingerprint density at radius 3 is 2.74 bits per heavy atom. The minimum absolute atomic E-state index is 0.0738. The van der Waals surface area contributed by atoms with E-state index in [1.165, 1.54) is 48.2 Å². The number of hydrogen-bond acceptors (Lipinski definition) is 7. The molecule has 27 heavy (non-hydrogen) atoms. The van der Waals surface area contributed by atoms with Crippen molar-refractivity contribution in [2.24, 2.45) is 4.99 Å². The van der Waals surface area contributed by atoms with Crippen molar-refractivity contribution in [1.29, 1.82) is 0 Å². The van der Waals surface area contributed by atoms with Crippen LogP contribution in [0.5, 0.6) is 0 Å². The summed E-state index contributed by atoms with van der Waals surface area (Å²) in [4.78, 5) is 11.3. The monoisotopic (exact) mass is 451 g/mol. The van der Waals surface area contributed by atoms with Crippen LogP contribution in [0.4, 0.5) is 5.82 Å². The van der Waals surface area contributed by atoms with Crippen molar-refractivity contribution in [1.82, 2.24) is 15.2 Å². The number of hydrogen-bond donors (Lipinski definition) is 2. The van der Waals surface area contributed by atoms with E-state index in [1.54, 1.807) is 12.1 Å². The maximum atomic E-state index is 11.6. The summed E-state index contributed by atoms with van der Waals surface area (Å²) in [6, 6.07) is 3.72. The highest BCUT2D eigenvalue weighted by Gasteiger charge is 2.34. The smallest absolute Gasteiger partial charge is 0.203 e. The van der Waals surface area contributed by atoms with Gasteiger partial charge in [0.1, 0.15) is 12.0 Å². The van der Waals surface area contributed by atoms with E-state index in [4.69, 9.17) is 0 Å². The number of rotatable bonds is 3. The molecule has 2 N–H and O–H groups in total. The van der Waals surface area contributed by atoms with E-state index in [1.807, 2.05) is 6.20 Å². The molecule has 1 aromatic rings. The number of aromatic nitrogens is 1. The molecule has 1 fully saturated rings. The largest absolute Gasteiger partial charge is 0.350 e. The van der Waals surface area contributed by atoms with Gasteiger partial charge in [-0.05, 0) is 30.5 Å². The second-order valence-corrected chi connectivity index (χ2v) is 10.2. The van der Waals surface area contributed by atoms with Crippen molar-refractivity contribution in [3.8, 4) is 0 Å². The highest BCUT2D eigenvalue weighted by Crippen LogP contribution is 2.35. The van der Waals surface area contributed by atoms with E-state index < -0.39 is 9.84 Å². The SMILES string of the molecule is CS(=O)(=O)c1ccc(NC2=NC=C3CC(Br)=CN(C4CCCC4)C3N2)nc1. The Kier molecular flexibility index (Phi) is 4.98. The molecule has 2 aliphatic heterocycles. The fraction of sp³-hybridized carbons (Fsp3) is 0.444. The maximum absolute atomic E-state index is 11.6. The number of nitrogens with zero attached hydrogens (tertiary/aromatic N) is 3. The summed E-state index contributed by atoms with van der Waals surface area (Å²) in [5.74, 6) is 1.16. The number of fused-ring (bicyclic) bond motifs is 1. The average molecular weight is 452 g/mol. The van der Waals surface area contributed by atoms with E-state index in [0.717, 1.165) is 6.42 Å². The zero-order chi connectivity index (χ0) is 19.0. The van der Waals surface area contributed by atoms with Gasteiger partial charge in [-0.2, -0.15) is 0 Å². The van der Waals surface area contributed by atoms with Crippen molar-refractivity contribution >= 4 is 37.5 Å². The Balaban J connectivity index is 1.51. The third kappa shape index (κ3) is 4.03. The lowest BCUT2D eigenvalue weighted by molar-refractivity contribution is 0.205. The topological polar surface area (TPSA) is 86.7 Å². The first-order valence-electron chi connectivity index (χ1n) is 9.00. The molecule has 0 amide bonds. The first-order chi connectivity index (χ1) is 12.9. The summed E-state index contributed by atoms with van der Waals surface area (Å²) in [5.41, 5.74) is 1.22. The molecule has 1 unspecified atom stereocenters. The first kappa shape index (κ1) is 18.5. The molecule has 9 heteroatoms. The molecule has 0 saturated heterocycles. The first-order valence-corrected chi connectivity index (χ1v) is 11.7. The number of sulfone groups is 1. The summed E-state index contributed by atoms with van der Waals surface area (Å²) >= 11 is 3.66. The van der Waals surface area contributed by atoms with Gasteiger partial charge in [0.2, 0.25) is 5.96 Å². The number of pyridine rings is 1. The maximum Gasteiger partial charge on any atom is 0.203 e. The van der Waals surface area contributed by atoms with Crippen molar-refractivity contribution in [3.63, 3.8) is 0 Å². The molecule has 1 saturated carbocycles. The van der Waals surface area contributed by atoms with E-state index in [-0.39, 0.29) is 11.1 Å². The van der Waals surface area contributed by atoms with Gasteiger partial charge in [0, 0.05) is 41.8 Å². The van der Waals surface area contributed by atoms with Gasteiger partial charge in [-0.3, -0.25) is 0 Å². The molecular weight excluding hydrogens is 430 g/mol. The zero-order valence-electron chi connectivity index (χ0n) is 15.0. The number of nitrogens with one attached hydrogen (secondary N) is 2. The number of aliphatic imine (C=N–C) groups is 1. The molecule has 1 aromatic heterocycles. The van der Waals surface area contributed by atoms with Gasteiger partial charge in [-0.1, -0.05) is 28.8 Å². The lowest BCUT2D eigenvalue weighted by Crippen LogP contribution is -2.54. The number of anilines is 1. The van der Waals surface area contributed by atoms with Crippen LogP contribution in [0.3, 0.4) is 0 Å². The number of halogens is 1. The Morgan fingerprint density at radius 2 is 2.07 bits per heavy atom. The number of guanidine groups is 1. The Bertz CT molecular complexity index is 918. The second-order valence-electron chi connectivity index (χ2n) is 7.14. The van der Waals surface area contributed by atoms with Crippen LogP contribution in [0.15, 0.2) is 50.7 Å². The minimum Gasteiger partial charge on any atom is -0.350 e. The van der Waals surface area contributed by atoms with Crippen molar-refractivity contribution in [2.75, 3.05) is 11.6 Å². The molecular formula is C18H22BrN5O2S. The van der Waals surface area contributed by atoms with E-state index in [9.17, 15) is 8.42 Å². The molecule has 0 bridgehead atoms. The van der Waals surface area contributed by atoms with Gasteiger partial charge in [0.15, 0.2) is 9.84 Å². The Hall–Kier alpha value is -1.87. The van der Waals surface area contributed by atoms with Gasteiger partial charge in [-0.15, -0.1) is 0 Å². The molecule has 0 aromatic carbocycles. The third-order valence-electron chi connectivity index (χ3n) is 5.10. The summed E-state index contributed by atoms with van der Waals surface area (Å²) in [6.07, 6.45) is 12.5. The Labute approximate surface area is 167 Å². The van der Waals surface area contributed by atoms with Crippen LogP contribution in [0.25, 0.3) is 0 Å². The molecule has 1 aliphatic carbocycles. The predicted molar refractivity (Wildman–Crippen MR) is 109 cm³/mol. The van der Waals surface area contributed by atoms with Crippen LogP contribution in [0, 0.1) is 0 Å². The Morgan fingerprint density at radius 1 is 1.30 bits per heavy atom. The lowest BCUT2D eigenvalue weighted by atomic mass is 10.0. The normalized spacial score (nSPS) is 23.1. The quantitative estimate of drug-likeness (QED) is 0.734. The van der Waals surface area contributed by atoms with Crippen molar-refractivity contribution < 1.29 is 8.42 Å². The standard InChI is InChI=1S/C18H22BrN5O2S/c1-27(25,26)15-6-7-16(20-10-15)22-18-21-9-12-8-13(19)11-24(17(12)23-18)14-4-2-3-5-14/h6-7,9-11,14,17H,2-5,8H2,1H3,(H2,20,21,22,23). The van der Waals surface area contributed by atoms with Gasteiger partial charge < -0.3 is 15.5 Å². The fourth-order valence-electron chi connectivity index (χ4n) is 3.74. The highest BCUT2D eigenvalue weighted by molar-refractivity contribution is 9.11. The molecule has 3 aliphatic rings. The minimum atomic E-state index is -3.25. The van der Waals surface area contributed by atoms with Crippen LogP contribution in [-0.4, -0.2) is 42.7 Å². The van der Waals surface area contributed by atoms with Gasteiger partial charge in [-0.25, -0.2) is 18.4 Å². The van der Waals surface area contributed by atoms with Crippen molar-refractivity contribution in [3.05, 3.63) is 40.8 Å². The molecule has 1 atom stereocenters. The number of allylic oxidation sites excluding steroid dienone is 1. The molecule has 4 rings (SSSR count). The van der Waals surface area contributed by atoms with Gasteiger partial charge in [0.25, 0.3) is 0 Å². The molecule has 144 valence electrons. The second kappa shape index (κ2) is 7.27. The average Bonchev–Trinajstić information content (AvgIpc) is 3.15. The van der Waals surface area contributed by atoms with Crippen LogP contribution in [0.1, 0.15) is 32.1 Å². The van der Waals surface area contributed by atoms with Gasteiger partial charge in [0.05, 0.1) is 4.90 Å². The van der Waals surface area contributed by atoms with Crippen molar-refractivity contribution in [2.45, 2.75) is 49.2 Å². The molecule has 7 nitrogen and oxygen atoms in total. The van der Waals surface area contributed by atoms with E-state index in [2.05, 4.69) is 47.6 Å². The summed E-state index contributed by atoms with van der Waals surface area (Å²) in [6.45, 7) is 0. The summed E-state index contributed by atoms with van der Waals surface area (Å²) < 4.78 is 24.3. The van der Waals surface area contributed by atoms with Crippen LogP contribution in [0.2, 0.25) is 0 Å². The summed E-state index contributed by atoms with van der Waals surface area (Å²) in [7, 11) is -3.25. The van der Waals surface area contributed by atoms with Crippen LogP contribution >= 0.6 is 15.9 Å². The van der Waals surface area contributed by atoms with E-state index in [0.29, 0.717) is 17.8 Å². The molecule has 0 radical (unpaired) electrons. The third-order valence-corrected chi connectivity index (χ3v) is 6.68. The van der Waals surface area contributed by atoms with Crippen LogP contribution in [-0.2, 0) is 9.84 Å². The van der Waals surface area contributed by atoms with Gasteiger partial charge >= 0.3 is 0 Å². The highest BCUT2D eigenvalue weighted by atomic mass is 79.9. The molecule has 0 spiro atoms. The fourth-order valence-corrected chi connectivity index (χ4v) is 4.86. The van der Waals surface area contributed by atoms with Crippen LogP contribution < -0.4 is 10.6 Å². The predicted octanol–water partition coefficient (Wildman–Crippen LogP) is 2.95. The summed E-state index contributed by atoms with van der Waals surface area (Å²) in [5, 5.41) is 6.61. The van der Waals surface area contributed by atoms with E-state index >= 15 is 0 Å².